The minimum absolute atomic E-state index is 0.0249. The topological polar surface area (TPSA) is 75.4 Å². The van der Waals surface area contributed by atoms with Crippen molar-refractivity contribution in [2.75, 3.05) is 25.4 Å². The number of amides is 2. The second kappa shape index (κ2) is 7.82. The van der Waals surface area contributed by atoms with E-state index < -0.39 is 0 Å². The van der Waals surface area contributed by atoms with Crippen molar-refractivity contribution in [1.82, 2.24) is 10.2 Å². The van der Waals surface area contributed by atoms with Crippen LogP contribution in [0.15, 0.2) is 24.3 Å². The quantitative estimate of drug-likeness (QED) is 0.817. The van der Waals surface area contributed by atoms with Crippen molar-refractivity contribution in [3.8, 4) is 0 Å². The molecule has 0 aromatic heterocycles. The number of hydrogen-bond donors (Lipinski definition) is 2. The highest BCUT2D eigenvalue weighted by Crippen LogP contribution is 2.19. The lowest BCUT2D eigenvalue weighted by Gasteiger charge is -2.33. The number of nitrogens with two attached hydrogens (primary N) is 1. The van der Waals surface area contributed by atoms with Gasteiger partial charge in [-0.3, -0.25) is 9.59 Å². The highest BCUT2D eigenvalue weighted by Gasteiger charge is 2.24. The van der Waals surface area contributed by atoms with Gasteiger partial charge in [0.2, 0.25) is 5.91 Å². The Balaban J connectivity index is 1.90. The largest absolute Gasteiger partial charge is 0.399 e. The number of benzene rings is 1. The fourth-order valence-electron chi connectivity index (χ4n) is 2.84. The van der Waals surface area contributed by atoms with Gasteiger partial charge >= 0.3 is 0 Å². The van der Waals surface area contributed by atoms with Gasteiger partial charge in [-0.2, -0.15) is 0 Å². The minimum Gasteiger partial charge on any atom is -0.399 e. The van der Waals surface area contributed by atoms with E-state index in [0.717, 1.165) is 25.8 Å². The molecule has 5 nitrogen and oxygen atoms in total. The SMILES string of the molecule is CCCC(=O)NCC1CCCN(C(=O)c2cccc(N)c2)C1. The summed E-state index contributed by atoms with van der Waals surface area (Å²) in [7, 11) is 0. The lowest BCUT2D eigenvalue weighted by molar-refractivity contribution is -0.121. The van der Waals surface area contributed by atoms with Crippen molar-refractivity contribution >= 4 is 17.5 Å². The molecule has 1 aromatic rings. The first-order chi connectivity index (χ1) is 10.6. The molecule has 0 spiro atoms. The van der Waals surface area contributed by atoms with E-state index in [1.807, 2.05) is 11.8 Å². The van der Waals surface area contributed by atoms with Crippen molar-refractivity contribution in [1.29, 1.82) is 0 Å². The average molecular weight is 303 g/mol. The molecule has 1 aromatic carbocycles. The summed E-state index contributed by atoms with van der Waals surface area (Å²) in [5.74, 6) is 0.457. The number of carbonyl (C=O) groups is 2. The van der Waals surface area contributed by atoms with Crippen molar-refractivity contribution in [3.63, 3.8) is 0 Å². The monoisotopic (exact) mass is 303 g/mol. The number of anilines is 1. The summed E-state index contributed by atoms with van der Waals surface area (Å²) in [6.07, 6.45) is 3.45. The number of nitrogens with zero attached hydrogens (tertiary/aromatic N) is 1. The van der Waals surface area contributed by atoms with Gasteiger partial charge in [0.05, 0.1) is 0 Å². The fraction of sp³-hybridized carbons (Fsp3) is 0.529. The lowest BCUT2D eigenvalue weighted by atomic mass is 9.97. The Kier molecular flexibility index (Phi) is 5.81. The Bertz CT molecular complexity index is 530. The Labute approximate surface area is 131 Å². The Hall–Kier alpha value is -2.04. The van der Waals surface area contributed by atoms with E-state index in [4.69, 9.17) is 5.73 Å². The number of rotatable bonds is 5. The highest BCUT2D eigenvalue weighted by atomic mass is 16.2. The molecule has 1 atom stereocenters. The van der Waals surface area contributed by atoms with Gasteiger partial charge in [-0.15, -0.1) is 0 Å². The predicted octanol–water partition coefficient (Wildman–Crippen LogP) is 2.04. The Morgan fingerprint density at radius 3 is 2.95 bits per heavy atom. The highest BCUT2D eigenvalue weighted by molar-refractivity contribution is 5.95. The Morgan fingerprint density at radius 2 is 2.23 bits per heavy atom. The van der Waals surface area contributed by atoms with E-state index in [1.54, 1.807) is 24.3 Å². The third-order valence-electron chi connectivity index (χ3n) is 4.00. The van der Waals surface area contributed by atoms with Gasteiger partial charge in [-0.05, 0) is 43.4 Å². The molecule has 2 amide bonds. The van der Waals surface area contributed by atoms with Gasteiger partial charge < -0.3 is 16.0 Å². The summed E-state index contributed by atoms with van der Waals surface area (Å²) in [6.45, 7) is 4.11. The van der Waals surface area contributed by atoms with E-state index in [9.17, 15) is 9.59 Å². The molecule has 3 N–H and O–H groups in total. The first-order valence-electron chi connectivity index (χ1n) is 8.01. The molecule has 0 bridgehead atoms. The molecule has 0 aliphatic carbocycles. The van der Waals surface area contributed by atoms with Crippen molar-refractivity contribution in [3.05, 3.63) is 29.8 Å². The molecule has 1 fully saturated rings. The fourth-order valence-corrected chi connectivity index (χ4v) is 2.84. The van der Waals surface area contributed by atoms with Gasteiger partial charge in [0.15, 0.2) is 0 Å². The molecular formula is C17H25N3O2. The molecule has 0 saturated carbocycles. The molecule has 0 radical (unpaired) electrons. The summed E-state index contributed by atoms with van der Waals surface area (Å²) in [4.78, 5) is 25.9. The zero-order valence-electron chi connectivity index (χ0n) is 13.2. The van der Waals surface area contributed by atoms with Gasteiger partial charge in [0.1, 0.15) is 0 Å². The molecule has 1 aliphatic heterocycles. The minimum atomic E-state index is 0.0249. The number of likely N-dealkylation sites (tertiary alicyclic amines) is 1. The van der Waals surface area contributed by atoms with Crippen LogP contribution in [-0.2, 0) is 4.79 Å². The number of carbonyl (C=O) groups excluding carboxylic acids is 2. The zero-order valence-corrected chi connectivity index (χ0v) is 13.2. The molecule has 2 rings (SSSR count). The molecule has 1 saturated heterocycles. The van der Waals surface area contributed by atoms with Gasteiger partial charge in [-0.25, -0.2) is 0 Å². The van der Waals surface area contributed by atoms with E-state index in [0.29, 0.717) is 36.7 Å². The first kappa shape index (κ1) is 16.3. The van der Waals surface area contributed by atoms with Crippen LogP contribution in [0.5, 0.6) is 0 Å². The maximum absolute atomic E-state index is 12.5. The number of nitrogens with one attached hydrogen (secondary N) is 1. The molecule has 22 heavy (non-hydrogen) atoms. The smallest absolute Gasteiger partial charge is 0.253 e. The Morgan fingerprint density at radius 1 is 1.41 bits per heavy atom. The van der Waals surface area contributed by atoms with Crippen LogP contribution in [0.1, 0.15) is 43.0 Å². The molecule has 1 unspecified atom stereocenters. The van der Waals surface area contributed by atoms with Crippen molar-refractivity contribution in [2.45, 2.75) is 32.6 Å². The molecule has 120 valence electrons. The summed E-state index contributed by atoms with van der Waals surface area (Å²) in [5.41, 5.74) is 6.98. The van der Waals surface area contributed by atoms with Gasteiger partial charge in [0, 0.05) is 37.3 Å². The summed E-state index contributed by atoms with van der Waals surface area (Å²) in [5, 5.41) is 2.96. The van der Waals surface area contributed by atoms with Gasteiger partial charge in [-0.1, -0.05) is 13.0 Å². The molecule has 1 heterocycles. The molecule has 5 heteroatoms. The zero-order chi connectivity index (χ0) is 15.9. The van der Waals surface area contributed by atoms with Crippen LogP contribution >= 0.6 is 0 Å². The van der Waals surface area contributed by atoms with Crippen LogP contribution in [0.2, 0.25) is 0 Å². The number of hydrogen-bond acceptors (Lipinski definition) is 3. The van der Waals surface area contributed by atoms with Crippen LogP contribution in [-0.4, -0.2) is 36.3 Å². The molecular weight excluding hydrogens is 278 g/mol. The summed E-state index contributed by atoms with van der Waals surface area (Å²) >= 11 is 0. The van der Waals surface area contributed by atoms with E-state index in [2.05, 4.69) is 5.32 Å². The van der Waals surface area contributed by atoms with Crippen molar-refractivity contribution < 1.29 is 9.59 Å². The predicted molar refractivity (Wildman–Crippen MR) is 87.4 cm³/mol. The van der Waals surface area contributed by atoms with E-state index >= 15 is 0 Å². The van der Waals surface area contributed by atoms with E-state index in [1.165, 1.54) is 0 Å². The van der Waals surface area contributed by atoms with Crippen LogP contribution in [0, 0.1) is 5.92 Å². The first-order valence-corrected chi connectivity index (χ1v) is 8.01. The van der Waals surface area contributed by atoms with Crippen LogP contribution in [0.4, 0.5) is 5.69 Å². The van der Waals surface area contributed by atoms with Crippen LogP contribution < -0.4 is 11.1 Å². The van der Waals surface area contributed by atoms with Crippen LogP contribution in [0.3, 0.4) is 0 Å². The second-order valence-electron chi connectivity index (χ2n) is 5.94. The maximum Gasteiger partial charge on any atom is 0.253 e. The second-order valence-corrected chi connectivity index (χ2v) is 5.94. The van der Waals surface area contributed by atoms with Crippen molar-refractivity contribution in [2.24, 2.45) is 5.92 Å². The average Bonchev–Trinajstić information content (AvgIpc) is 2.53. The normalized spacial score (nSPS) is 18.0. The lowest BCUT2D eigenvalue weighted by Crippen LogP contribution is -2.43. The van der Waals surface area contributed by atoms with Crippen LogP contribution in [0.25, 0.3) is 0 Å². The standard InChI is InChI=1S/C17H25N3O2/c1-2-5-16(21)19-11-13-6-4-9-20(12-13)17(22)14-7-3-8-15(18)10-14/h3,7-8,10,13H,2,4-6,9,11-12,18H2,1H3,(H,19,21). The summed E-state index contributed by atoms with van der Waals surface area (Å²) < 4.78 is 0. The third kappa shape index (κ3) is 4.48. The molecule has 1 aliphatic rings. The number of nitrogen functional groups attached to an aromatic ring is 1. The number of piperidine rings is 1. The van der Waals surface area contributed by atoms with E-state index in [-0.39, 0.29) is 11.8 Å². The maximum atomic E-state index is 12.5. The van der Waals surface area contributed by atoms with Gasteiger partial charge in [0.25, 0.3) is 5.91 Å². The summed E-state index contributed by atoms with van der Waals surface area (Å²) in [6, 6.07) is 7.09. The third-order valence-corrected chi connectivity index (χ3v) is 4.00.